The molecule has 1 atom stereocenters. The average Bonchev–Trinajstić information content (AvgIpc) is 2.77. The molecule has 1 aromatic heterocycles. The number of furan rings is 1. The van der Waals surface area contributed by atoms with Crippen LogP contribution in [0.3, 0.4) is 0 Å². The highest BCUT2D eigenvalue weighted by Crippen LogP contribution is 2.20. The predicted molar refractivity (Wildman–Crippen MR) is 85.3 cm³/mol. The summed E-state index contributed by atoms with van der Waals surface area (Å²) in [6, 6.07) is 2.66. The number of ether oxygens (including phenoxy) is 1. The Bertz CT molecular complexity index is 426. The molecule has 120 valence electrons. The highest BCUT2D eigenvalue weighted by atomic mass is 16.5. The van der Waals surface area contributed by atoms with Gasteiger partial charge in [-0.05, 0) is 44.9 Å². The van der Waals surface area contributed by atoms with E-state index in [9.17, 15) is 0 Å². The Labute approximate surface area is 128 Å². The molecule has 4 nitrogen and oxygen atoms in total. The lowest BCUT2D eigenvalue weighted by Gasteiger charge is -2.31. The molecule has 0 saturated carbocycles. The summed E-state index contributed by atoms with van der Waals surface area (Å²) in [5.41, 5.74) is 1.25. The van der Waals surface area contributed by atoms with Gasteiger partial charge in [-0.1, -0.05) is 13.8 Å². The van der Waals surface area contributed by atoms with E-state index >= 15 is 0 Å². The molecule has 1 saturated heterocycles. The number of rotatable bonds is 7. The lowest BCUT2D eigenvalue weighted by Crippen LogP contribution is -2.39. The van der Waals surface area contributed by atoms with Gasteiger partial charge in [0.2, 0.25) is 0 Å². The molecule has 0 bridgehead atoms. The van der Waals surface area contributed by atoms with Gasteiger partial charge in [0.15, 0.2) is 0 Å². The fourth-order valence-corrected chi connectivity index (χ4v) is 2.89. The van der Waals surface area contributed by atoms with Crippen molar-refractivity contribution in [1.29, 1.82) is 0 Å². The monoisotopic (exact) mass is 294 g/mol. The van der Waals surface area contributed by atoms with Crippen LogP contribution in [0, 0.1) is 6.92 Å². The van der Waals surface area contributed by atoms with Crippen molar-refractivity contribution in [2.24, 2.45) is 0 Å². The second-order valence-electron chi connectivity index (χ2n) is 6.31. The Hall–Kier alpha value is -0.840. The number of likely N-dealkylation sites (tertiary alicyclic amines) is 1. The maximum Gasteiger partial charge on any atom is 0.120 e. The highest BCUT2D eigenvalue weighted by molar-refractivity contribution is 5.20. The van der Waals surface area contributed by atoms with Gasteiger partial charge in [-0.25, -0.2) is 0 Å². The Morgan fingerprint density at radius 3 is 3.00 bits per heavy atom. The van der Waals surface area contributed by atoms with E-state index in [1.165, 1.54) is 18.4 Å². The third-order valence-corrected chi connectivity index (χ3v) is 3.99. The van der Waals surface area contributed by atoms with Gasteiger partial charge in [-0.15, -0.1) is 0 Å². The Kier molecular flexibility index (Phi) is 6.27. The van der Waals surface area contributed by atoms with Crippen molar-refractivity contribution in [2.45, 2.75) is 65.8 Å². The summed E-state index contributed by atoms with van der Waals surface area (Å²) in [5.74, 6) is 2.14. The molecule has 0 aliphatic carbocycles. The van der Waals surface area contributed by atoms with E-state index in [2.05, 4.69) is 44.0 Å². The van der Waals surface area contributed by atoms with Gasteiger partial charge in [0.05, 0.1) is 19.2 Å². The molecule has 1 aromatic rings. The first-order chi connectivity index (χ1) is 10.1. The lowest BCUT2D eigenvalue weighted by atomic mass is 10.1. The highest BCUT2D eigenvalue weighted by Gasteiger charge is 2.21. The van der Waals surface area contributed by atoms with Crippen LogP contribution < -0.4 is 5.32 Å². The van der Waals surface area contributed by atoms with Crippen LogP contribution >= 0.6 is 0 Å². The Morgan fingerprint density at radius 2 is 2.29 bits per heavy atom. The second kappa shape index (κ2) is 7.97. The van der Waals surface area contributed by atoms with Crippen LogP contribution in [0.1, 0.15) is 50.7 Å². The summed E-state index contributed by atoms with van der Waals surface area (Å²) < 4.78 is 11.8. The van der Waals surface area contributed by atoms with Crippen LogP contribution in [-0.4, -0.2) is 36.7 Å². The van der Waals surface area contributed by atoms with Gasteiger partial charge >= 0.3 is 0 Å². The number of nitrogens with zero attached hydrogens (tertiary/aromatic N) is 1. The average molecular weight is 294 g/mol. The molecule has 2 rings (SSSR count). The molecular formula is C17H30N2O2. The van der Waals surface area contributed by atoms with Crippen molar-refractivity contribution in [3.8, 4) is 0 Å². The summed E-state index contributed by atoms with van der Waals surface area (Å²) >= 11 is 0. The fraction of sp³-hybridized carbons (Fsp3) is 0.765. The van der Waals surface area contributed by atoms with E-state index in [0.29, 0.717) is 12.1 Å². The maximum atomic E-state index is 6.02. The number of nitrogens with one attached hydrogen (secondary N) is 1. The van der Waals surface area contributed by atoms with Crippen molar-refractivity contribution >= 4 is 0 Å². The third-order valence-electron chi connectivity index (χ3n) is 3.99. The molecule has 4 heteroatoms. The largest absolute Gasteiger partial charge is 0.463 e. The molecule has 1 unspecified atom stereocenters. The summed E-state index contributed by atoms with van der Waals surface area (Å²) in [6.07, 6.45) is 2.79. The number of hydrogen-bond acceptors (Lipinski definition) is 4. The Balaban J connectivity index is 1.89. The van der Waals surface area contributed by atoms with E-state index in [0.717, 1.165) is 44.3 Å². The first kappa shape index (κ1) is 16.5. The van der Waals surface area contributed by atoms with Crippen molar-refractivity contribution in [3.05, 3.63) is 23.2 Å². The quantitative estimate of drug-likeness (QED) is 0.838. The summed E-state index contributed by atoms with van der Waals surface area (Å²) in [5, 5.41) is 3.42. The standard InChI is InChI=1S/C17H30N2O2/c1-5-20-15-7-6-8-19(11-15)12-16-9-14(4)17(21-16)10-18-13(2)3/h9,13,15,18H,5-8,10-12H2,1-4H3. The van der Waals surface area contributed by atoms with Gasteiger partial charge < -0.3 is 14.5 Å². The molecule has 0 radical (unpaired) electrons. The van der Waals surface area contributed by atoms with Gasteiger partial charge in [0, 0.05) is 19.2 Å². The smallest absolute Gasteiger partial charge is 0.120 e. The summed E-state index contributed by atoms with van der Waals surface area (Å²) in [6.45, 7) is 13.2. The number of aryl methyl sites for hydroxylation is 1. The van der Waals surface area contributed by atoms with Crippen LogP contribution in [0.2, 0.25) is 0 Å². The van der Waals surface area contributed by atoms with Crippen molar-refractivity contribution in [3.63, 3.8) is 0 Å². The Morgan fingerprint density at radius 1 is 1.48 bits per heavy atom. The van der Waals surface area contributed by atoms with Gasteiger partial charge in [-0.2, -0.15) is 0 Å². The molecule has 0 amide bonds. The molecule has 2 heterocycles. The van der Waals surface area contributed by atoms with E-state index < -0.39 is 0 Å². The van der Waals surface area contributed by atoms with Gasteiger partial charge in [-0.3, -0.25) is 4.90 Å². The van der Waals surface area contributed by atoms with Crippen molar-refractivity contribution in [2.75, 3.05) is 19.7 Å². The van der Waals surface area contributed by atoms with Crippen LogP contribution in [0.15, 0.2) is 10.5 Å². The topological polar surface area (TPSA) is 37.6 Å². The van der Waals surface area contributed by atoms with E-state index in [1.807, 2.05) is 0 Å². The first-order valence-corrected chi connectivity index (χ1v) is 8.24. The minimum absolute atomic E-state index is 0.391. The van der Waals surface area contributed by atoms with Gasteiger partial charge in [0.1, 0.15) is 11.5 Å². The third kappa shape index (κ3) is 5.13. The van der Waals surface area contributed by atoms with Crippen LogP contribution in [0.4, 0.5) is 0 Å². The van der Waals surface area contributed by atoms with Crippen LogP contribution in [-0.2, 0) is 17.8 Å². The molecule has 0 aromatic carbocycles. The fourth-order valence-electron chi connectivity index (χ4n) is 2.89. The number of piperidine rings is 1. The predicted octanol–water partition coefficient (Wildman–Crippen LogP) is 3.09. The van der Waals surface area contributed by atoms with Crippen LogP contribution in [0.25, 0.3) is 0 Å². The molecule has 1 fully saturated rings. The van der Waals surface area contributed by atoms with E-state index in [1.54, 1.807) is 0 Å². The minimum Gasteiger partial charge on any atom is -0.463 e. The number of hydrogen-bond donors (Lipinski definition) is 1. The molecule has 0 spiro atoms. The maximum absolute atomic E-state index is 6.02. The van der Waals surface area contributed by atoms with E-state index in [-0.39, 0.29) is 0 Å². The summed E-state index contributed by atoms with van der Waals surface area (Å²) in [7, 11) is 0. The lowest BCUT2D eigenvalue weighted by molar-refractivity contribution is 0.00192. The zero-order valence-corrected chi connectivity index (χ0v) is 13.9. The molecule has 1 aliphatic rings. The van der Waals surface area contributed by atoms with E-state index in [4.69, 9.17) is 9.15 Å². The molecule has 21 heavy (non-hydrogen) atoms. The first-order valence-electron chi connectivity index (χ1n) is 8.24. The zero-order chi connectivity index (χ0) is 15.2. The zero-order valence-electron chi connectivity index (χ0n) is 13.9. The molecule has 1 aliphatic heterocycles. The van der Waals surface area contributed by atoms with Crippen LogP contribution in [0.5, 0.6) is 0 Å². The molecular weight excluding hydrogens is 264 g/mol. The van der Waals surface area contributed by atoms with Crippen molar-refractivity contribution < 1.29 is 9.15 Å². The van der Waals surface area contributed by atoms with Crippen molar-refractivity contribution in [1.82, 2.24) is 10.2 Å². The molecule has 1 N–H and O–H groups in total. The summed E-state index contributed by atoms with van der Waals surface area (Å²) in [4.78, 5) is 2.45. The normalized spacial score (nSPS) is 20.3. The van der Waals surface area contributed by atoms with Gasteiger partial charge in [0.25, 0.3) is 0 Å². The SMILES string of the molecule is CCOC1CCCN(Cc2cc(C)c(CNC(C)C)o2)C1. The second-order valence-corrected chi connectivity index (χ2v) is 6.31. The minimum atomic E-state index is 0.391.